The fraction of sp³-hybridized carbons (Fsp3) is 0.522. The summed E-state index contributed by atoms with van der Waals surface area (Å²) in [4.78, 5) is 20.9. The number of rotatable bonds is 4. The molecule has 1 aromatic heterocycles. The maximum Gasteiger partial charge on any atom is 0.414 e. The average molecular weight is 414 g/mol. The molecule has 30 heavy (non-hydrogen) atoms. The second-order valence-electron chi connectivity index (χ2n) is 8.18. The van der Waals surface area contributed by atoms with E-state index in [9.17, 15) is 0 Å². The molecule has 2 heterocycles. The van der Waals surface area contributed by atoms with E-state index in [1.165, 1.54) is 75.0 Å². The monoisotopic (exact) mass is 413 g/mol. The summed E-state index contributed by atoms with van der Waals surface area (Å²) in [5.74, 6) is -2.15. The molecule has 2 aromatic rings. The van der Waals surface area contributed by atoms with Crippen LogP contribution < -0.4 is 0 Å². The van der Waals surface area contributed by atoms with Crippen molar-refractivity contribution in [1.82, 2.24) is 14.7 Å². The Labute approximate surface area is 177 Å². The van der Waals surface area contributed by atoms with Gasteiger partial charge in [0.15, 0.2) is 0 Å². The zero-order valence-electron chi connectivity index (χ0n) is 17.5. The number of likely N-dealkylation sites (tertiary alicyclic amines) is 1. The smallest absolute Gasteiger partial charge is 0.414 e. The van der Waals surface area contributed by atoms with E-state index in [1.54, 1.807) is 0 Å². The Hall–Kier alpha value is -2.67. The Morgan fingerprint density at radius 3 is 2.37 bits per heavy atom. The molecule has 0 bridgehead atoms. The number of fused-ring (bicyclic) bond motifs is 1. The van der Waals surface area contributed by atoms with Crippen LogP contribution in [0.5, 0.6) is 0 Å². The van der Waals surface area contributed by atoms with Crippen LogP contribution in [0.4, 0.5) is 0 Å². The van der Waals surface area contributed by atoms with E-state index >= 15 is 0 Å². The fourth-order valence-electron chi connectivity index (χ4n) is 4.65. The Bertz CT molecular complexity index is 829. The molecule has 1 unspecified atom stereocenters. The first kappa shape index (κ1) is 22.0. The van der Waals surface area contributed by atoms with Gasteiger partial charge in [0.1, 0.15) is 0 Å². The molecule has 1 aliphatic heterocycles. The lowest BCUT2D eigenvalue weighted by atomic mass is 9.84. The molecule has 0 radical (unpaired) electrons. The van der Waals surface area contributed by atoms with Gasteiger partial charge in [-0.05, 0) is 81.1 Å². The van der Waals surface area contributed by atoms with Gasteiger partial charge in [0, 0.05) is 12.7 Å². The second-order valence-corrected chi connectivity index (χ2v) is 8.18. The summed E-state index contributed by atoms with van der Waals surface area (Å²) in [5.41, 5.74) is 4.54. The van der Waals surface area contributed by atoms with E-state index in [2.05, 4.69) is 58.3 Å². The predicted molar refractivity (Wildman–Crippen MR) is 114 cm³/mol. The number of hydrogen-bond acceptors (Lipinski definition) is 4. The Morgan fingerprint density at radius 2 is 1.73 bits per heavy atom. The van der Waals surface area contributed by atoms with Gasteiger partial charge in [-0.2, -0.15) is 5.10 Å². The first-order valence-corrected chi connectivity index (χ1v) is 10.7. The summed E-state index contributed by atoms with van der Waals surface area (Å²) in [7, 11) is 2.09. The minimum Gasteiger partial charge on any atom is -0.473 e. The third-order valence-electron chi connectivity index (χ3n) is 6.34. The predicted octanol–water partition coefficient (Wildman–Crippen LogP) is 3.27. The van der Waals surface area contributed by atoms with Crippen LogP contribution in [0, 0.1) is 0 Å². The molecule has 1 saturated heterocycles. The zero-order chi connectivity index (χ0) is 21.5. The molecule has 1 fully saturated rings. The Morgan fingerprint density at radius 1 is 1.07 bits per heavy atom. The van der Waals surface area contributed by atoms with Crippen molar-refractivity contribution in [2.45, 2.75) is 50.4 Å². The molecule has 1 aliphatic carbocycles. The van der Waals surface area contributed by atoms with Crippen LogP contribution in [0.15, 0.2) is 36.5 Å². The van der Waals surface area contributed by atoms with Gasteiger partial charge >= 0.3 is 11.9 Å². The average Bonchev–Trinajstić information content (AvgIpc) is 3.15. The summed E-state index contributed by atoms with van der Waals surface area (Å²) in [6, 6.07) is 11.1. The van der Waals surface area contributed by atoms with Crippen molar-refractivity contribution >= 4 is 11.9 Å². The highest BCUT2D eigenvalue weighted by atomic mass is 16.4. The molecule has 7 nitrogen and oxygen atoms in total. The van der Waals surface area contributed by atoms with Crippen LogP contribution in [-0.4, -0.2) is 56.5 Å². The van der Waals surface area contributed by atoms with Gasteiger partial charge in [-0.3, -0.25) is 4.68 Å². The minimum absolute atomic E-state index is 0.731. The molecular weight excluding hydrogens is 382 g/mol. The SMILES string of the molecule is Cn1ncc2c1CCCC2CCN1CCC(c2ccccc2)CC1.O=C(O)C(=O)O. The van der Waals surface area contributed by atoms with Crippen molar-refractivity contribution in [3.8, 4) is 0 Å². The molecule has 162 valence electrons. The summed E-state index contributed by atoms with van der Waals surface area (Å²) in [6.45, 7) is 3.76. The van der Waals surface area contributed by atoms with Gasteiger partial charge in [0.25, 0.3) is 0 Å². The highest BCUT2D eigenvalue weighted by Gasteiger charge is 2.25. The van der Waals surface area contributed by atoms with E-state index in [0.717, 1.165) is 11.8 Å². The van der Waals surface area contributed by atoms with Gasteiger partial charge in [-0.1, -0.05) is 30.3 Å². The van der Waals surface area contributed by atoms with E-state index in [4.69, 9.17) is 19.8 Å². The summed E-state index contributed by atoms with van der Waals surface area (Å²) in [5, 5.41) is 19.3. The number of hydrogen-bond donors (Lipinski definition) is 2. The molecule has 2 aliphatic rings. The lowest BCUT2D eigenvalue weighted by Crippen LogP contribution is -2.34. The first-order chi connectivity index (χ1) is 14.5. The van der Waals surface area contributed by atoms with Gasteiger partial charge in [-0.25, -0.2) is 9.59 Å². The molecule has 0 spiro atoms. The second kappa shape index (κ2) is 10.4. The van der Waals surface area contributed by atoms with E-state index < -0.39 is 11.9 Å². The van der Waals surface area contributed by atoms with Crippen molar-refractivity contribution in [3.05, 3.63) is 53.3 Å². The Kier molecular flexibility index (Phi) is 7.63. The number of nitrogens with zero attached hydrogens (tertiary/aromatic N) is 3. The highest BCUT2D eigenvalue weighted by Crippen LogP contribution is 2.34. The Balaban J connectivity index is 0.000000377. The lowest BCUT2D eigenvalue weighted by molar-refractivity contribution is -0.159. The van der Waals surface area contributed by atoms with Crippen molar-refractivity contribution in [1.29, 1.82) is 0 Å². The van der Waals surface area contributed by atoms with Gasteiger partial charge in [0.05, 0.1) is 6.20 Å². The quantitative estimate of drug-likeness (QED) is 0.747. The van der Waals surface area contributed by atoms with Crippen LogP contribution in [0.2, 0.25) is 0 Å². The van der Waals surface area contributed by atoms with Gasteiger partial charge < -0.3 is 15.1 Å². The molecule has 1 atom stereocenters. The number of carboxylic acid groups (broad SMARTS) is 2. The van der Waals surface area contributed by atoms with Crippen LogP contribution in [-0.2, 0) is 23.1 Å². The van der Waals surface area contributed by atoms with E-state index in [1.807, 2.05) is 0 Å². The molecule has 7 heteroatoms. The van der Waals surface area contributed by atoms with Crippen molar-refractivity contribution < 1.29 is 19.8 Å². The van der Waals surface area contributed by atoms with Crippen molar-refractivity contribution in [2.75, 3.05) is 19.6 Å². The maximum atomic E-state index is 9.10. The molecule has 4 rings (SSSR count). The lowest BCUT2D eigenvalue weighted by Gasteiger charge is -2.33. The number of piperidine rings is 1. The summed E-state index contributed by atoms with van der Waals surface area (Å²) < 4.78 is 2.09. The van der Waals surface area contributed by atoms with Crippen LogP contribution in [0.1, 0.15) is 60.8 Å². The maximum absolute atomic E-state index is 9.10. The van der Waals surface area contributed by atoms with Gasteiger partial charge in [0.2, 0.25) is 0 Å². The number of carboxylic acids is 2. The topological polar surface area (TPSA) is 95.7 Å². The molecule has 2 N–H and O–H groups in total. The van der Waals surface area contributed by atoms with Crippen molar-refractivity contribution in [3.63, 3.8) is 0 Å². The van der Waals surface area contributed by atoms with Crippen LogP contribution in [0.25, 0.3) is 0 Å². The number of aromatic nitrogens is 2. The highest BCUT2D eigenvalue weighted by molar-refractivity contribution is 6.27. The third-order valence-corrected chi connectivity index (χ3v) is 6.34. The summed E-state index contributed by atoms with van der Waals surface area (Å²) >= 11 is 0. The fourth-order valence-corrected chi connectivity index (χ4v) is 4.65. The zero-order valence-corrected chi connectivity index (χ0v) is 17.5. The number of aryl methyl sites for hydroxylation is 1. The summed E-state index contributed by atoms with van der Waals surface area (Å²) in [6.07, 6.45) is 9.94. The van der Waals surface area contributed by atoms with Gasteiger partial charge in [-0.15, -0.1) is 0 Å². The largest absolute Gasteiger partial charge is 0.473 e. The van der Waals surface area contributed by atoms with E-state index in [0.29, 0.717) is 0 Å². The first-order valence-electron chi connectivity index (χ1n) is 10.7. The molecule has 0 saturated carbocycles. The molecule has 0 amide bonds. The third kappa shape index (κ3) is 5.69. The van der Waals surface area contributed by atoms with E-state index in [-0.39, 0.29) is 0 Å². The molecular formula is C23H31N3O4. The molecule has 1 aromatic carbocycles. The normalized spacial score (nSPS) is 19.4. The van der Waals surface area contributed by atoms with Crippen LogP contribution >= 0.6 is 0 Å². The number of carbonyl (C=O) groups is 2. The number of aliphatic carboxylic acids is 2. The minimum atomic E-state index is -1.82. The van der Waals surface area contributed by atoms with Crippen LogP contribution in [0.3, 0.4) is 0 Å². The standard InChI is InChI=1S/C21H29N3.C2H2O4/c1-23-21-9-5-8-19(20(21)16-22-23)12-15-24-13-10-18(11-14-24)17-6-3-2-4-7-17;3-1(4)2(5)6/h2-4,6-7,16,18-19H,5,8-15H2,1H3;(H,3,4)(H,5,6). The van der Waals surface area contributed by atoms with Crippen molar-refractivity contribution in [2.24, 2.45) is 7.05 Å². The number of benzene rings is 1.